The van der Waals surface area contributed by atoms with Gasteiger partial charge in [-0.2, -0.15) is 11.8 Å². The number of hydrogen-bond acceptors (Lipinski definition) is 4. The maximum Gasteiger partial charge on any atom is 0.220 e. The first-order valence-corrected chi connectivity index (χ1v) is 5.38. The van der Waals surface area contributed by atoms with Gasteiger partial charge in [0, 0.05) is 11.8 Å². The number of H-pyrrole nitrogens is 1. The Morgan fingerprint density at radius 3 is 2.92 bits per heavy atom. The summed E-state index contributed by atoms with van der Waals surface area (Å²) >= 11 is 6.78. The first-order chi connectivity index (χ1) is 5.66. The van der Waals surface area contributed by atoms with Crippen molar-refractivity contribution in [3.8, 4) is 0 Å². The number of hydrogen-bond donors (Lipinski definition) is 2. The van der Waals surface area contributed by atoms with Crippen molar-refractivity contribution >= 4 is 29.9 Å². The van der Waals surface area contributed by atoms with Crippen LogP contribution >= 0.6 is 24.0 Å². The quantitative estimate of drug-likeness (QED) is 0.732. The lowest BCUT2D eigenvalue weighted by Crippen LogP contribution is -2.10. The van der Waals surface area contributed by atoms with Crippen LogP contribution in [0.25, 0.3) is 0 Å². The Labute approximate surface area is 80.5 Å². The molecule has 0 aromatic carbocycles. The topological polar surface area (TPSA) is 59.6 Å². The lowest BCUT2D eigenvalue weighted by atomic mass is 10.4. The van der Waals surface area contributed by atoms with Gasteiger partial charge in [0.1, 0.15) is 0 Å². The summed E-state index contributed by atoms with van der Waals surface area (Å²) in [6.07, 6.45) is 2.05. The Kier molecular flexibility index (Phi) is 3.16. The standard InChI is InChI=1S/C6H12N4S2/c1-4(3-12-2)10-5(7)8-9-6(10)11/h4H,3H2,1-2H3,(H2,7,8)(H,9,11). The summed E-state index contributed by atoms with van der Waals surface area (Å²) in [4.78, 5) is 0. The zero-order valence-electron chi connectivity index (χ0n) is 7.07. The van der Waals surface area contributed by atoms with E-state index in [0.29, 0.717) is 16.8 Å². The Bertz CT molecular complexity index is 303. The van der Waals surface area contributed by atoms with Crippen molar-refractivity contribution in [2.75, 3.05) is 17.7 Å². The molecule has 0 bridgehead atoms. The Morgan fingerprint density at radius 2 is 2.50 bits per heavy atom. The van der Waals surface area contributed by atoms with E-state index in [1.165, 1.54) is 0 Å². The molecule has 0 saturated heterocycles. The van der Waals surface area contributed by atoms with Crippen LogP contribution < -0.4 is 5.73 Å². The zero-order chi connectivity index (χ0) is 9.14. The van der Waals surface area contributed by atoms with Gasteiger partial charge in [-0.05, 0) is 25.4 Å². The lowest BCUT2D eigenvalue weighted by molar-refractivity contribution is 0.609. The molecule has 3 N–H and O–H groups in total. The second kappa shape index (κ2) is 3.95. The second-order valence-electron chi connectivity index (χ2n) is 2.56. The van der Waals surface area contributed by atoms with Crippen molar-refractivity contribution in [1.29, 1.82) is 0 Å². The van der Waals surface area contributed by atoms with Crippen LogP contribution in [-0.4, -0.2) is 26.8 Å². The molecule has 0 aliphatic heterocycles. The van der Waals surface area contributed by atoms with Gasteiger partial charge in [-0.1, -0.05) is 0 Å². The van der Waals surface area contributed by atoms with Gasteiger partial charge in [0.05, 0.1) is 0 Å². The first-order valence-electron chi connectivity index (χ1n) is 3.58. The summed E-state index contributed by atoms with van der Waals surface area (Å²) in [6.45, 7) is 2.07. The average Bonchev–Trinajstić information content (AvgIpc) is 2.32. The number of nitrogen functional groups attached to an aromatic ring is 1. The van der Waals surface area contributed by atoms with E-state index in [2.05, 4.69) is 23.4 Å². The van der Waals surface area contributed by atoms with E-state index in [-0.39, 0.29) is 0 Å². The van der Waals surface area contributed by atoms with E-state index in [9.17, 15) is 0 Å². The van der Waals surface area contributed by atoms with Gasteiger partial charge >= 0.3 is 0 Å². The Morgan fingerprint density at radius 1 is 1.83 bits per heavy atom. The molecular formula is C6H12N4S2. The fourth-order valence-corrected chi connectivity index (χ4v) is 2.01. The maximum absolute atomic E-state index is 5.62. The highest BCUT2D eigenvalue weighted by molar-refractivity contribution is 7.98. The molecule has 12 heavy (non-hydrogen) atoms. The molecule has 6 heteroatoms. The van der Waals surface area contributed by atoms with E-state index >= 15 is 0 Å². The molecule has 1 atom stereocenters. The summed E-state index contributed by atoms with van der Waals surface area (Å²) in [6, 6.07) is 0.297. The minimum Gasteiger partial charge on any atom is -0.368 e. The van der Waals surface area contributed by atoms with Crippen LogP contribution in [0, 0.1) is 4.77 Å². The molecule has 1 aromatic rings. The van der Waals surface area contributed by atoms with Gasteiger partial charge in [0.25, 0.3) is 0 Å². The van der Waals surface area contributed by atoms with Gasteiger partial charge in [-0.25, -0.2) is 5.10 Å². The van der Waals surface area contributed by atoms with Crippen LogP contribution in [0.3, 0.4) is 0 Å². The highest BCUT2D eigenvalue weighted by Gasteiger charge is 2.08. The van der Waals surface area contributed by atoms with Crippen molar-refractivity contribution in [3.05, 3.63) is 4.77 Å². The third-order valence-electron chi connectivity index (χ3n) is 1.58. The number of aromatic amines is 1. The molecule has 0 aliphatic rings. The fraction of sp³-hybridized carbons (Fsp3) is 0.667. The monoisotopic (exact) mass is 204 g/mol. The summed E-state index contributed by atoms with van der Waals surface area (Å²) in [5.74, 6) is 1.44. The molecule has 0 radical (unpaired) electrons. The molecule has 0 saturated carbocycles. The van der Waals surface area contributed by atoms with E-state index in [0.717, 1.165) is 5.75 Å². The molecule has 1 rings (SSSR count). The summed E-state index contributed by atoms with van der Waals surface area (Å²) < 4.78 is 2.42. The molecule has 0 fully saturated rings. The number of rotatable bonds is 3. The van der Waals surface area contributed by atoms with E-state index in [4.69, 9.17) is 18.0 Å². The number of nitrogens with two attached hydrogens (primary N) is 1. The van der Waals surface area contributed by atoms with Gasteiger partial charge in [0.2, 0.25) is 5.95 Å². The van der Waals surface area contributed by atoms with Crippen molar-refractivity contribution in [1.82, 2.24) is 14.8 Å². The molecule has 1 aromatic heterocycles. The van der Waals surface area contributed by atoms with Crippen LogP contribution in [0.4, 0.5) is 5.95 Å². The normalized spacial score (nSPS) is 13.2. The SMILES string of the molecule is CSCC(C)n1c(N)n[nH]c1=S. The van der Waals surface area contributed by atoms with Crippen LogP contribution in [0.1, 0.15) is 13.0 Å². The number of anilines is 1. The zero-order valence-corrected chi connectivity index (χ0v) is 8.71. The minimum absolute atomic E-state index is 0.297. The molecule has 1 unspecified atom stereocenters. The predicted molar refractivity (Wildman–Crippen MR) is 54.9 cm³/mol. The van der Waals surface area contributed by atoms with Gasteiger partial charge in [-0.15, -0.1) is 5.10 Å². The summed E-state index contributed by atoms with van der Waals surface area (Å²) in [7, 11) is 0. The lowest BCUT2D eigenvalue weighted by Gasteiger charge is -2.11. The van der Waals surface area contributed by atoms with Crippen LogP contribution in [-0.2, 0) is 0 Å². The molecule has 68 valence electrons. The number of nitrogens with one attached hydrogen (secondary N) is 1. The maximum atomic E-state index is 5.62. The van der Waals surface area contributed by atoms with Crippen LogP contribution in [0.5, 0.6) is 0 Å². The molecule has 0 amide bonds. The van der Waals surface area contributed by atoms with Crippen molar-refractivity contribution in [3.63, 3.8) is 0 Å². The summed E-state index contributed by atoms with van der Waals surface area (Å²) in [5, 5.41) is 6.49. The average molecular weight is 204 g/mol. The van der Waals surface area contributed by atoms with Crippen LogP contribution in [0.2, 0.25) is 0 Å². The van der Waals surface area contributed by atoms with Gasteiger partial charge in [-0.3, -0.25) is 4.57 Å². The summed E-state index contributed by atoms with van der Waals surface area (Å²) in [5.41, 5.74) is 5.62. The van der Waals surface area contributed by atoms with Crippen molar-refractivity contribution in [2.45, 2.75) is 13.0 Å². The van der Waals surface area contributed by atoms with Crippen LogP contribution in [0.15, 0.2) is 0 Å². The smallest absolute Gasteiger partial charge is 0.220 e. The predicted octanol–water partition coefficient (Wildman–Crippen LogP) is 1.45. The van der Waals surface area contributed by atoms with Gasteiger partial charge in [0.15, 0.2) is 4.77 Å². The largest absolute Gasteiger partial charge is 0.368 e. The highest BCUT2D eigenvalue weighted by Crippen LogP contribution is 2.14. The fourth-order valence-electron chi connectivity index (χ4n) is 1.06. The molecule has 0 aliphatic carbocycles. The van der Waals surface area contributed by atoms with E-state index in [1.807, 2.05) is 4.57 Å². The van der Waals surface area contributed by atoms with Crippen molar-refractivity contribution < 1.29 is 0 Å². The third-order valence-corrected chi connectivity index (χ3v) is 2.68. The number of aromatic nitrogens is 3. The van der Waals surface area contributed by atoms with E-state index in [1.54, 1.807) is 11.8 Å². The molecule has 0 spiro atoms. The molecular weight excluding hydrogens is 192 g/mol. The molecule has 1 heterocycles. The van der Waals surface area contributed by atoms with Gasteiger partial charge < -0.3 is 5.73 Å². The number of nitrogens with zero attached hydrogens (tertiary/aromatic N) is 2. The Hall–Kier alpha value is -0.490. The second-order valence-corrected chi connectivity index (χ2v) is 3.86. The van der Waals surface area contributed by atoms with Crippen molar-refractivity contribution in [2.24, 2.45) is 0 Å². The highest BCUT2D eigenvalue weighted by atomic mass is 32.2. The Balaban J connectivity index is 2.93. The number of thioether (sulfide) groups is 1. The third kappa shape index (κ3) is 1.81. The van der Waals surface area contributed by atoms with E-state index < -0.39 is 0 Å². The molecule has 4 nitrogen and oxygen atoms in total. The first kappa shape index (κ1) is 9.60. The minimum atomic E-state index is 0.297.